The van der Waals surface area contributed by atoms with Crippen LogP contribution in [-0.4, -0.2) is 19.5 Å². The second-order valence-corrected chi connectivity index (χ2v) is 12.9. The zero-order valence-electron chi connectivity index (χ0n) is 28.6. The van der Waals surface area contributed by atoms with Crippen molar-refractivity contribution in [2.45, 2.75) is 53.4 Å². The van der Waals surface area contributed by atoms with Crippen LogP contribution in [0.5, 0.6) is 0 Å². The van der Waals surface area contributed by atoms with E-state index in [4.69, 9.17) is 9.40 Å². The number of benzene rings is 4. The number of para-hydroxylation sites is 2. The van der Waals surface area contributed by atoms with Crippen LogP contribution in [0.1, 0.15) is 61.8 Å². The third-order valence-electron chi connectivity index (χ3n) is 8.71. The Bertz CT molecular complexity index is 2300. The van der Waals surface area contributed by atoms with Gasteiger partial charge in [-0.05, 0) is 59.3 Å². The first-order chi connectivity index (χ1) is 23.3. The van der Waals surface area contributed by atoms with Crippen molar-refractivity contribution in [1.29, 1.82) is 0 Å². The van der Waals surface area contributed by atoms with Crippen LogP contribution in [0.4, 0.5) is 0 Å². The number of rotatable bonds is 5. The van der Waals surface area contributed by atoms with Gasteiger partial charge < -0.3 is 14.0 Å². The summed E-state index contributed by atoms with van der Waals surface area (Å²) in [7, 11) is 0. The van der Waals surface area contributed by atoms with E-state index in [0.717, 1.165) is 50.1 Å². The van der Waals surface area contributed by atoms with E-state index in [2.05, 4.69) is 110 Å². The molecular weight excluding hydrogens is 781 g/mol. The third kappa shape index (κ3) is 6.59. The molecule has 5 nitrogen and oxygen atoms in total. The van der Waals surface area contributed by atoms with Crippen molar-refractivity contribution in [3.05, 3.63) is 144 Å². The minimum Gasteiger partial charge on any atom is -0.501 e. The zero-order chi connectivity index (χ0) is 33.4. The molecule has 0 saturated carbocycles. The fourth-order valence-corrected chi connectivity index (χ4v) is 6.22. The molecule has 247 valence electrons. The van der Waals surface area contributed by atoms with Gasteiger partial charge in [0, 0.05) is 43.6 Å². The molecule has 0 saturated heterocycles. The van der Waals surface area contributed by atoms with Gasteiger partial charge in [-0.3, -0.25) is 4.98 Å². The molecule has 0 unspecified atom stereocenters. The number of aromatic nitrogens is 4. The van der Waals surface area contributed by atoms with Gasteiger partial charge in [-0.2, -0.15) is 0 Å². The maximum atomic E-state index is 6.38. The van der Waals surface area contributed by atoms with Gasteiger partial charge in [-0.1, -0.05) is 94.1 Å². The maximum absolute atomic E-state index is 6.38. The molecule has 6 heteroatoms. The minimum atomic E-state index is 0. The fourth-order valence-electron chi connectivity index (χ4n) is 6.22. The van der Waals surface area contributed by atoms with Crippen LogP contribution in [0.25, 0.3) is 61.4 Å². The minimum absolute atomic E-state index is 0. The summed E-state index contributed by atoms with van der Waals surface area (Å²) >= 11 is 0. The van der Waals surface area contributed by atoms with E-state index in [-0.39, 0.29) is 20.1 Å². The molecule has 4 aromatic carbocycles. The van der Waals surface area contributed by atoms with Crippen LogP contribution in [-0.2, 0) is 20.1 Å². The van der Waals surface area contributed by atoms with Crippen molar-refractivity contribution in [2.75, 3.05) is 0 Å². The Morgan fingerprint density at radius 1 is 0.714 bits per heavy atom. The predicted octanol–water partition coefficient (Wildman–Crippen LogP) is 11.2. The summed E-state index contributed by atoms with van der Waals surface area (Å²) in [6, 6.07) is 39.7. The molecule has 0 bridgehead atoms. The summed E-state index contributed by atoms with van der Waals surface area (Å²) in [5.74, 6) is 1.50. The van der Waals surface area contributed by atoms with Gasteiger partial charge in [-0.15, -0.1) is 53.6 Å². The summed E-state index contributed by atoms with van der Waals surface area (Å²) in [5.41, 5.74) is 12.4. The van der Waals surface area contributed by atoms with Gasteiger partial charge in [0.25, 0.3) is 0 Å². The summed E-state index contributed by atoms with van der Waals surface area (Å²) in [4.78, 5) is 14.0. The summed E-state index contributed by atoms with van der Waals surface area (Å²) < 4.78 is 8.64. The number of furan rings is 1. The summed E-state index contributed by atoms with van der Waals surface area (Å²) in [5, 5.41) is 2.16. The summed E-state index contributed by atoms with van der Waals surface area (Å²) in [6.45, 7) is 13.1. The Hall–Kier alpha value is -4.90. The van der Waals surface area contributed by atoms with Crippen molar-refractivity contribution in [3.8, 4) is 28.3 Å². The van der Waals surface area contributed by atoms with E-state index in [0.29, 0.717) is 17.5 Å². The Balaban J connectivity index is 0.000000234. The van der Waals surface area contributed by atoms with E-state index in [9.17, 15) is 0 Å². The largest absolute Gasteiger partial charge is 0.501 e. The van der Waals surface area contributed by atoms with Crippen LogP contribution < -0.4 is 0 Å². The average molecular weight is 819 g/mol. The zero-order valence-corrected chi connectivity index (χ0v) is 31.0. The Labute approximate surface area is 301 Å². The number of imidazole rings is 1. The van der Waals surface area contributed by atoms with Crippen LogP contribution in [0.3, 0.4) is 0 Å². The van der Waals surface area contributed by atoms with Crippen LogP contribution in [0, 0.1) is 26.0 Å². The number of hydrogen-bond donors (Lipinski definition) is 0. The predicted molar refractivity (Wildman–Crippen MR) is 197 cm³/mol. The third-order valence-corrected chi connectivity index (χ3v) is 8.71. The fraction of sp³-hybridized carbons (Fsp3) is 0.186. The quantitative estimate of drug-likeness (QED) is 0.162. The topological polar surface area (TPSA) is 56.7 Å². The molecule has 0 amide bonds. The second-order valence-electron chi connectivity index (χ2n) is 12.9. The molecule has 4 aromatic heterocycles. The molecule has 0 aliphatic rings. The van der Waals surface area contributed by atoms with Gasteiger partial charge >= 0.3 is 0 Å². The first-order valence-corrected chi connectivity index (χ1v) is 16.5. The molecular formula is C43H38IrN4O-2. The number of pyridine rings is 2. The average Bonchev–Trinajstić information content (AvgIpc) is 3.68. The smallest absolute Gasteiger partial charge is 0.168 e. The molecule has 8 aromatic rings. The van der Waals surface area contributed by atoms with Crippen molar-refractivity contribution < 1.29 is 24.5 Å². The Morgan fingerprint density at radius 2 is 1.47 bits per heavy atom. The molecule has 0 aliphatic heterocycles. The molecule has 49 heavy (non-hydrogen) atoms. The van der Waals surface area contributed by atoms with Gasteiger partial charge in [0.05, 0.1) is 16.9 Å². The maximum Gasteiger partial charge on any atom is 0.168 e. The van der Waals surface area contributed by atoms with Crippen LogP contribution in [0.15, 0.2) is 114 Å². The van der Waals surface area contributed by atoms with E-state index in [1.54, 1.807) is 6.20 Å². The van der Waals surface area contributed by atoms with Gasteiger partial charge in [0.15, 0.2) is 5.65 Å². The molecule has 0 spiro atoms. The first kappa shape index (κ1) is 34.0. The number of fused-ring (bicyclic) bond motifs is 4. The standard InChI is InChI=1S/C30H26N3O.C13H12N.Ir/c1-18(2)20-11-7-12-21(19(3)4)27(20)33-25-15-9-17-31-29(25)32-30(33)24-14-8-13-23-22-10-5-6-16-26(22)34-28(23)24;1-10-3-6-12(7-4-10)13-8-5-11(2)9-14-13;/h5-13,15-19H,1-4H3;3-6,8-9H,1-2H3;/q2*-1;. The number of nitrogens with zero attached hydrogens (tertiary/aromatic N) is 4. The normalized spacial score (nSPS) is 11.3. The van der Waals surface area contributed by atoms with E-state index in [1.165, 1.54) is 27.9 Å². The van der Waals surface area contributed by atoms with Crippen molar-refractivity contribution in [2.24, 2.45) is 0 Å². The molecule has 1 radical (unpaired) electrons. The number of hydrogen-bond acceptors (Lipinski definition) is 4. The Kier molecular flexibility index (Phi) is 9.91. The second kappa shape index (κ2) is 14.3. The molecule has 0 fully saturated rings. The van der Waals surface area contributed by atoms with E-state index in [1.807, 2.05) is 61.7 Å². The van der Waals surface area contributed by atoms with Crippen molar-refractivity contribution >= 4 is 33.1 Å². The molecule has 0 atom stereocenters. The molecule has 0 aliphatic carbocycles. The molecule has 4 heterocycles. The monoisotopic (exact) mass is 819 g/mol. The van der Waals surface area contributed by atoms with Crippen molar-refractivity contribution in [3.63, 3.8) is 0 Å². The van der Waals surface area contributed by atoms with E-state index < -0.39 is 0 Å². The summed E-state index contributed by atoms with van der Waals surface area (Å²) in [6.07, 6.45) is 3.68. The SMILES string of the molecule is CC(C)c1cccc(C(C)C)c1-n1c(-c2[c-]ccc3c2oc2ccccc23)nc2ncccc21.Cc1c[c-]c(-c2ccc(C)cn2)cc1.[Ir]. The van der Waals surface area contributed by atoms with Gasteiger partial charge in [0.1, 0.15) is 5.58 Å². The van der Waals surface area contributed by atoms with Crippen molar-refractivity contribution in [1.82, 2.24) is 19.5 Å². The van der Waals surface area contributed by atoms with Gasteiger partial charge in [-0.25, -0.2) is 4.98 Å². The van der Waals surface area contributed by atoms with E-state index >= 15 is 0 Å². The van der Waals surface area contributed by atoms with Gasteiger partial charge in [0.2, 0.25) is 0 Å². The number of aryl methyl sites for hydroxylation is 2. The van der Waals surface area contributed by atoms with Crippen LogP contribution in [0.2, 0.25) is 0 Å². The first-order valence-electron chi connectivity index (χ1n) is 16.5. The Morgan fingerprint density at radius 3 is 2.16 bits per heavy atom. The van der Waals surface area contributed by atoms with Crippen LogP contribution >= 0.6 is 0 Å². The molecule has 0 N–H and O–H groups in total. The molecule has 8 rings (SSSR count).